The predicted molar refractivity (Wildman–Crippen MR) is 236 cm³/mol. The molecule has 0 bridgehead atoms. The lowest BCUT2D eigenvalue weighted by Crippen LogP contribution is -2.00. The van der Waals surface area contributed by atoms with Crippen molar-refractivity contribution < 1.29 is 4.42 Å². The van der Waals surface area contributed by atoms with E-state index in [1.165, 1.54) is 48.0 Å². The zero-order valence-electron chi connectivity index (χ0n) is 30.7. The van der Waals surface area contributed by atoms with Crippen LogP contribution in [0.15, 0.2) is 168 Å². The van der Waals surface area contributed by atoms with Crippen molar-refractivity contribution in [3.05, 3.63) is 175 Å². The highest BCUT2D eigenvalue weighted by molar-refractivity contribution is 7.25. The van der Waals surface area contributed by atoms with Crippen molar-refractivity contribution in [2.24, 2.45) is 0 Å². The molecule has 0 fully saturated rings. The van der Waals surface area contributed by atoms with Crippen LogP contribution < -0.4 is 0 Å². The van der Waals surface area contributed by atoms with Gasteiger partial charge in [-0.05, 0) is 90.2 Å². The lowest BCUT2D eigenvalue weighted by molar-refractivity contribution is 0.669. The summed E-state index contributed by atoms with van der Waals surface area (Å²) in [5.74, 6) is 1.89. The third-order valence-electron chi connectivity index (χ3n) is 11.3. The molecule has 4 aromatic heterocycles. The van der Waals surface area contributed by atoms with Crippen molar-refractivity contribution in [1.29, 1.82) is 0 Å². The topological polar surface area (TPSA) is 56.7 Å². The molecule has 11 aromatic rings. The lowest BCUT2D eigenvalue weighted by Gasteiger charge is -2.12. The number of benzene rings is 7. The number of nitrogens with zero attached hydrogens (tertiary/aromatic N) is 4. The van der Waals surface area contributed by atoms with Gasteiger partial charge in [0.15, 0.2) is 17.5 Å². The number of thiophene rings is 1. The van der Waals surface area contributed by atoms with Gasteiger partial charge in [0.2, 0.25) is 0 Å². The Morgan fingerprint density at radius 1 is 0.509 bits per heavy atom. The average molecular weight is 749 g/mol. The number of aromatic nitrogens is 4. The van der Waals surface area contributed by atoms with Gasteiger partial charge in [0.05, 0.1) is 5.52 Å². The molecular formula is C51H32N4OS. The number of hydrogen-bond acceptors (Lipinski definition) is 5. The second-order valence-corrected chi connectivity index (χ2v) is 15.8. The molecule has 0 spiro atoms. The number of fused-ring (bicyclic) bond motifs is 9. The van der Waals surface area contributed by atoms with Crippen LogP contribution in [-0.2, 0) is 6.42 Å². The van der Waals surface area contributed by atoms with E-state index in [9.17, 15) is 0 Å². The van der Waals surface area contributed by atoms with Crippen molar-refractivity contribution in [2.75, 3.05) is 0 Å². The van der Waals surface area contributed by atoms with E-state index in [1.807, 2.05) is 84.1 Å². The van der Waals surface area contributed by atoms with Crippen LogP contribution in [0.25, 0.3) is 110 Å². The first-order valence-electron chi connectivity index (χ1n) is 19.3. The number of rotatable bonds is 5. The maximum absolute atomic E-state index is 6.49. The van der Waals surface area contributed by atoms with E-state index in [4.69, 9.17) is 19.4 Å². The molecule has 57 heavy (non-hydrogen) atoms. The third-order valence-corrected chi connectivity index (χ3v) is 12.5. The Hall–Kier alpha value is -7.15. The summed E-state index contributed by atoms with van der Waals surface area (Å²) in [5, 5.41) is 6.01. The maximum Gasteiger partial charge on any atom is 0.164 e. The summed E-state index contributed by atoms with van der Waals surface area (Å²) in [6.45, 7) is 0. The molecule has 4 heterocycles. The third kappa shape index (κ3) is 5.18. The summed E-state index contributed by atoms with van der Waals surface area (Å²) in [6.07, 6.45) is 6.77. The maximum atomic E-state index is 6.49. The summed E-state index contributed by atoms with van der Waals surface area (Å²) in [6, 6.07) is 55.5. The molecule has 0 atom stereocenters. The number of aryl methyl sites for hydroxylation is 1. The molecule has 0 radical (unpaired) electrons. The van der Waals surface area contributed by atoms with Crippen LogP contribution in [0.4, 0.5) is 0 Å². The fourth-order valence-electron chi connectivity index (χ4n) is 8.68. The summed E-state index contributed by atoms with van der Waals surface area (Å²) in [7, 11) is 0. The van der Waals surface area contributed by atoms with E-state index >= 15 is 0 Å². The van der Waals surface area contributed by atoms with Crippen molar-refractivity contribution >= 4 is 70.4 Å². The fourth-order valence-corrected chi connectivity index (χ4v) is 9.81. The van der Waals surface area contributed by atoms with Crippen LogP contribution >= 0.6 is 11.3 Å². The highest BCUT2D eigenvalue weighted by atomic mass is 32.1. The van der Waals surface area contributed by atoms with E-state index in [1.54, 1.807) is 0 Å². The summed E-state index contributed by atoms with van der Waals surface area (Å²) in [4.78, 5) is 14.9. The Bertz CT molecular complexity index is 3350. The van der Waals surface area contributed by atoms with Crippen LogP contribution in [0.5, 0.6) is 0 Å². The molecule has 1 aliphatic carbocycles. The number of allylic oxidation sites excluding steroid dienone is 1. The van der Waals surface area contributed by atoms with Crippen LogP contribution in [0.1, 0.15) is 17.7 Å². The molecule has 0 aliphatic heterocycles. The first-order valence-corrected chi connectivity index (χ1v) is 20.1. The van der Waals surface area contributed by atoms with Crippen molar-refractivity contribution in [3.8, 4) is 51.0 Å². The lowest BCUT2D eigenvalue weighted by atomic mass is 9.97. The Balaban J connectivity index is 0.985. The summed E-state index contributed by atoms with van der Waals surface area (Å²) in [5.41, 5.74) is 12.0. The van der Waals surface area contributed by atoms with Gasteiger partial charge in [-0.2, -0.15) is 0 Å². The first kappa shape index (κ1) is 32.1. The van der Waals surface area contributed by atoms with Crippen molar-refractivity contribution in [2.45, 2.75) is 12.8 Å². The molecule has 5 nitrogen and oxygen atoms in total. The summed E-state index contributed by atoms with van der Waals surface area (Å²) < 4.78 is 11.5. The monoisotopic (exact) mass is 748 g/mol. The van der Waals surface area contributed by atoms with E-state index in [0.717, 1.165) is 62.6 Å². The van der Waals surface area contributed by atoms with Gasteiger partial charge >= 0.3 is 0 Å². The van der Waals surface area contributed by atoms with Crippen molar-refractivity contribution in [1.82, 2.24) is 19.5 Å². The second kappa shape index (κ2) is 12.7. The number of hydrogen-bond donors (Lipinski definition) is 0. The van der Waals surface area contributed by atoms with Gasteiger partial charge in [-0.25, -0.2) is 15.0 Å². The minimum absolute atomic E-state index is 0.618. The average Bonchev–Trinajstić information content (AvgIpc) is 3.95. The minimum atomic E-state index is 0.618. The van der Waals surface area contributed by atoms with Gasteiger partial charge in [-0.15, -0.1) is 11.3 Å². The Labute approximate surface area is 331 Å². The predicted octanol–water partition coefficient (Wildman–Crippen LogP) is 13.7. The van der Waals surface area contributed by atoms with E-state index in [-0.39, 0.29) is 0 Å². The number of para-hydroxylation sites is 1. The SMILES string of the molecule is C1=Cc2c(c3ccccc3n2-c2ccc3sc4cc(-c5cccc6oc7ccc(-c8nc(-c9ccccc9)nc(-c9ccccc9)n8)cc7c56)ccc4c3c2)CC1. The number of furan rings is 1. The Morgan fingerprint density at radius 3 is 2.05 bits per heavy atom. The van der Waals surface area contributed by atoms with Crippen LogP contribution in [0, 0.1) is 0 Å². The molecule has 0 N–H and O–H groups in total. The first-order chi connectivity index (χ1) is 28.2. The molecule has 7 aromatic carbocycles. The molecule has 268 valence electrons. The quantitative estimate of drug-likeness (QED) is 0.176. The normalized spacial score (nSPS) is 12.7. The zero-order chi connectivity index (χ0) is 37.5. The van der Waals surface area contributed by atoms with Crippen LogP contribution in [0.2, 0.25) is 0 Å². The Kier molecular flexibility index (Phi) is 7.16. The second-order valence-electron chi connectivity index (χ2n) is 14.7. The molecule has 0 amide bonds. The fraction of sp³-hybridized carbons (Fsp3) is 0.0392. The van der Waals surface area contributed by atoms with Gasteiger partial charge < -0.3 is 8.98 Å². The molecule has 6 heteroatoms. The highest BCUT2D eigenvalue weighted by Crippen LogP contribution is 2.43. The highest BCUT2D eigenvalue weighted by Gasteiger charge is 2.20. The van der Waals surface area contributed by atoms with Gasteiger partial charge in [0, 0.05) is 64.4 Å². The largest absolute Gasteiger partial charge is 0.456 e. The van der Waals surface area contributed by atoms with Gasteiger partial charge in [-0.3, -0.25) is 0 Å². The van der Waals surface area contributed by atoms with Gasteiger partial charge in [0.1, 0.15) is 11.2 Å². The van der Waals surface area contributed by atoms with Gasteiger partial charge in [0.25, 0.3) is 0 Å². The molecule has 0 saturated heterocycles. The van der Waals surface area contributed by atoms with Crippen LogP contribution in [0.3, 0.4) is 0 Å². The molecule has 1 aliphatic rings. The van der Waals surface area contributed by atoms with E-state index in [0.29, 0.717) is 17.5 Å². The minimum Gasteiger partial charge on any atom is -0.456 e. The smallest absolute Gasteiger partial charge is 0.164 e. The van der Waals surface area contributed by atoms with Gasteiger partial charge in [-0.1, -0.05) is 109 Å². The van der Waals surface area contributed by atoms with E-state index in [2.05, 4.69) is 102 Å². The Morgan fingerprint density at radius 2 is 1.25 bits per heavy atom. The standard InChI is InChI=1S/C51H32N4OS/c1-3-12-31(13-4-1)49-52-50(32-14-5-2-6-15-32)54-51(53-49)34-23-26-44-41(28-34)48-36(18-11-21-45(48)56-44)33-22-25-39-40-30-35(24-27-46(40)57-47(39)29-33)55-42-19-9-7-16-37(42)38-17-8-10-20-43(38)55/h1-7,9-16,18-30H,8,17H2. The zero-order valence-corrected chi connectivity index (χ0v) is 31.5. The summed E-state index contributed by atoms with van der Waals surface area (Å²) >= 11 is 1.85. The molecule has 0 unspecified atom stereocenters. The molecule has 12 rings (SSSR count). The molecular weight excluding hydrogens is 717 g/mol. The van der Waals surface area contributed by atoms with E-state index < -0.39 is 0 Å². The van der Waals surface area contributed by atoms with Crippen LogP contribution in [-0.4, -0.2) is 19.5 Å². The molecule has 0 saturated carbocycles. The van der Waals surface area contributed by atoms with Crippen molar-refractivity contribution in [3.63, 3.8) is 0 Å².